The van der Waals surface area contributed by atoms with E-state index < -0.39 is 0 Å². The van der Waals surface area contributed by atoms with Crippen molar-refractivity contribution in [2.24, 2.45) is 5.92 Å². The van der Waals surface area contributed by atoms with Crippen molar-refractivity contribution in [1.29, 1.82) is 0 Å². The van der Waals surface area contributed by atoms with Gasteiger partial charge in [-0.15, -0.1) is 0 Å². The first-order valence-electron chi connectivity index (χ1n) is 5.69. The van der Waals surface area contributed by atoms with Gasteiger partial charge < -0.3 is 0 Å². The van der Waals surface area contributed by atoms with Crippen molar-refractivity contribution in [3.05, 3.63) is 0 Å². The van der Waals surface area contributed by atoms with Crippen LogP contribution in [0.4, 0.5) is 0 Å². The number of nitrogens with zero attached hydrogens (tertiary/aromatic N) is 1. The molecule has 0 aromatic heterocycles. The van der Waals surface area contributed by atoms with E-state index in [0.717, 1.165) is 25.5 Å². The third kappa shape index (κ3) is 2.96. The normalized spacial score (nSPS) is 28.6. The summed E-state index contributed by atoms with van der Waals surface area (Å²) in [6.45, 7) is 8.58. The van der Waals surface area contributed by atoms with Crippen LogP contribution < -0.4 is 0 Å². The minimum absolute atomic E-state index is 0.677. The van der Waals surface area contributed by atoms with Gasteiger partial charge >= 0.3 is 0 Å². The first-order valence-corrected chi connectivity index (χ1v) is 5.69. The van der Waals surface area contributed by atoms with Gasteiger partial charge in [0.15, 0.2) is 0 Å². The van der Waals surface area contributed by atoms with E-state index in [1.807, 2.05) is 0 Å². The van der Waals surface area contributed by atoms with Gasteiger partial charge in [-0.25, -0.2) is 0 Å². The van der Waals surface area contributed by atoms with E-state index in [2.05, 4.69) is 25.8 Å². The Kier molecular flexibility index (Phi) is 4.74. The molecule has 0 aromatic rings. The topological polar surface area (TPSA) is 12.5 Å². The fourth-order valence-electron chi connectivity index (χ4n) is 2.18. The SMILES string of the molecule is CCCON(CC)C1CCCC1C. The molecule has 1 saturated carbocycles. The Labute approximate surface area is 82.2 Å². The zero-order chi connectivity index (χ0) is 9.68. The summed E-state index contributed by atoms with van der Waals surface area (Å²) in [6, 6.07) is 0.677. The Morgan fingerprint density at radius 1 is 1.31 bits per heavy atom. The van der Waals surface area contributed by atoms with Crippen LogP contribution >= 0.6 is 0 Å². The van der Waals surface area contributed by atoms with Crippen LogP contribution in [0.25, 0.3) is 0 Å². The van der Waals surface area contributed by atoms with Gasteiger partial charge in [-0.1, -0.05) is 27.2 Å². The Hall–Kier alpha value is -0.0800. The van der Waals surface area contributed by atoms with Crippen LogP contribution in [-0.2, 0) is 4.84 Å². The summed E-state index contributed by atoms with van der Waals surface area (Å²) in [5.41, 5.74) is 0. The van der Waals surface area contributed by atoms with Gasteiger partial charge in [0.1, 0.15) is 0 Å². The third-order valence-corrected chi connectivity index (χ3v) is 2.96. The molecule has 2 unspecified atom stereocenters. The van der Waals surface area contributed by atoms with Gasteiger partial charge in [0.25, 0.3) is 0 Å². The molecule has 1 fully saturated rings. The van der Waals surface area contributed by atoms with E-state index in [0.29, 0.717) is 6.04 Å². The lowest BCUT2D eigenvalue weighted by Gasteiger charge is -2.29. The Balaban J connectivity index is 2.35. The first-order chi connectivity index (χ1) is 6.29. The zero-order valence-corrected chi connectivity index (χ0v) is 9.25. The summed E-state index contributed by atoms with van der Waals surface area (Å²) in [7, 11) is 0. The second kappa shape index (κ2) is 5.61. The molecule has 2 heteroatoms. The van der Waals surface area contributed by atoms with Gasteiger partial charge in [-0.05, 0) is 25.2 Å². The Morgan fingerprint density at radius 3 is 2.54 bits per heavy atom. The molecule has 2 nitrogen and oxygen atoms in total. The Bertz CT molecular complexity index is 138. The molecular formula is C11H23NO. The van der Waals surface area contributed by atoms with Crippen molar-refractivity contribution in [3.63, 3.8) is 0 Å². The standard InChI is InChI=1S/C11H23NO/c1-4-9-13-12(5-2)11-8-6-7-10(11)3/h10-11H,4-9H2,1-3H3. The maximum atomic E-state index is 5.73. The largest absolute Gasteiger partial charge is 0.299 e. The molecule has 0 radical (unpaired) electrons. The lowest BCUT2D eigenvalue weighted by molar-refractivity contribution is -0.189. The highest BCUT2D eigenvalue weighted by molar-refractivity contribution is 4.79. The molecule has 1 rings (SSSR count). The van der Waals surface area contributed by atoms with E-state index in [4.69, 9.17) is 4.84 Å². The maximum absolute atomic E-state index is 5.73. The fraction of sp³-hybridized carbons (Fsp3) is 1.00. The van der Waals surface area contributed by atoms with E-state index in [-0.39, 0.29) is 0 Å². The molecule has 1 aliphatic rings. The molecule has 0 heterocycles. The smallest absolute Gasteiger partial charge is 0.0682 e. The molecule has 0 bridgehead atoms. The lowest BCUT2D eigenvalue weighted by Crippen LogP contribution is -2.37. The molecule has 78 valence electrons. The molecule has 0 N–H and O–H groups in total. The number of rotatable bonds is 5. The number of hydrogen-bond acceptors (Lipinski definition) is 2. The minimum atomic E-state index is 0.677. The Morgan fingerprint density at radius 2 is 2.08 bits per heavy atom. The molecule has 13 heavy (non-hydrogen) atoms. The molecule has 0 spiro atoms. The summed E-state index contributed by atoms with van der Waals surface area (Å²) in [5, 5.41) is 2.20. The van der Waals surface area contributed by atoms with Gasteiger partial charge in [-0.3, -0.25) is 4.84 Å². The second-order valence-corrected chi connectivity index (χ2v) is 4.04. The first kappa shape index (κ1) is 11.0. The average Bonchev–Trinajstić information content (AvgIpc) is 2.54. The van der Waals surface area contributed by atoms with Crippen molar-refractivity contribution >= 4 is 0 Å². The lowest BCUT2D eigenvalue weighted by atomic mass is 10.1. The highest BCUT2D eigenvalue weighted by Crippen LogP contribution is 2.29. The zero-order valence-electron chi connectivity index (χ0n) is 9.25. The van der Waals surface area contributed by atoms with E-state index in [9.17, 15) is 0 Å². The predicted octanol–water partition coefficient (Wildman–Crippen LogP) is 2.84. The summed E-state index contributed by atoms with van der Waals surface area (Å²) in [6.07, 6.45) is 5.17. The van der Waals surface area contributed by atoms with Crippen molar-refractivity contribution in [2.45, 2.75) is 52.5 Å². The van der Waals surface area contributed by atoms with Gasteiger partial charge in [-0.2, -0.15) is 5.06 Å². The van der Waals surface area contributed by atoms with E-state index in [1.165, 1.54) is 19.3 Å². The summed E-state index contributed by atoms with van der Waals surface area (Å²) in [5.74, 6) is 0.816. The molecule has 0 amide bonds. The van der Waals surface area contributed by atoms with Crippen LogP contribution in [0.1, 0.15) is 46.5 Å². The van der Waals surface area contributed by atoms with Crippen LogP contribution in [0.2, 0.25) is 0 Å². The van der Waals surface area contributed by atoms with E-state index in [1.54, 1.807) is 0 Å². The highest BCUT2D eigenvalue weighted by Gasteiger charge is 2.28. The highest BCUT2D eigenvalue weighted by atomic mass is 16.7. The fourth-order valence-corrected chi connectivity index (χ4v) is 2.18. The van der Waals surface area contributed by atoms with Crippen LogP contribution in [0, 0.1) is 5.92 Å². The van der Waals surface area contributed by atoms with Crippen LogP contribution in [0.3, 0.4) is 0 Å². The van der Waals surface area contributed by atoms with Crippen LogP contribution in [0.5, 0.6) is 0 Å². The second-order valence-electron chi connectivity index (χ2n) is 4.04. The monoisotopic (exact) mass is 185 g/mol. The van der Waals surface area contributed by atoms with Gasteiger partial charge in [0.2, 0.25) is 0 Å². The molecule has 0 aromatic carbocycles. The summed E-state index contributed by atoms with van der Waals surface area (Å²) in [4.78, 5) is 5.73. The number of hydroxylamine groups is 2. The van der Waals surface area contributed by atoms with Crippen LogP contribution in [0.15, 0.2) is 0 Å². The van der Waals surface area contributed by atoms with Crippen LogP contribution in [-0.4, -0.2) is 24.3 Å². The molecule has 2 atom stereocenters. The van der Waals surface area contributed by atoms with Crippen molar-refractivity contribution < 1.29 is 4.84 Å². The van der Waals surface area contributed by atoms with Crippen molar-refractivity contribution in [1.82, 2.24) is 5.06 Å². The maximum Gasteiger partial charge on any atom is 0.0682 e. The van der Waals surface area contributed by atoms with E-state index >= 15 is 0 Å². The third-order valence-electron chi connectivity index (χ3n) is 2.96. The molecule has 0 aliphatic heterocycles. The molecule has 1 aliphatic carbocycles. The molecule has 0 saturated heterocycles. The minimum Gasteiger partial charge on any atom is -0.299 e. The van der Waals surface area contributed by atoms with Gasteiger partial charge in [0, 0.05) is 12.6 Å². The summed E-state index contributed by atoms with van der Waals surface area (Å²) >= 11 is 0. The average molecular weight is 185 g/mol. The molecular weight excluding hydrogens is 162 g/mol. The van der Waals surface area contributed by atoms with Gasteiger partial charge in [0.05, 0.1) is 6.61 Å². The van der Waals surface area contributed by atoms with Crippen molar-refractivity contribution in [2.75, 3.05) is 13.2 Å². The quantitative estimate of drug-likeness (QED) is 0.611. The number of hydrogen-bond donors (Lipinski definition) is 0. The predicted molar refractivity (Wildman–Crippen MR) is 55.4 cm³/mol. The van der Waals surface area contributed by atoms with Crippen molar-refractivity contribution in [3.8, 4) is 0 Å². The summed E-state index contributed by atoms with van der Waals surface area (Å²) < 4.78 is 0.